The minimum atomic E-state index is -0.0149. The van der Waals surface area contributed by atoms with E-state index in [2.05, 4.69) is 38.5 Å². The molecule has 0 unspecified atom stereocenters. The second-order valence-electron chi connectivity index (χ2n) is 6.18. The number of nitrogens with one attached hydrogen (secondary N) is 2. The molecule has 0 radical (unpaired) electrons. The molecule has 1 aromatic rings. The Morgan fingerprint density at radius 2 is 2.00 bits per heavy atom. The summed E-state index contributed by atoms with van der Waals surface area (Å²) in [6.45, 7) is 5.66. The Morgan fingerprint density at radius 1 is 1.28 bits per heavy atom. The van der Waals surface area contributed by atoms with Gasteiger partial charge in [0.1, 0.15) is 5.82 Å². The van der Waals surface area contributed by atoms with E-state index in [1.54, 1.807) is 0 Å². The van der Waals surface area contributed by atoms with Crippen LogP contribution in [-0.4, -0.2) is 61.6 Å². The van der Waals surface area contributed by atoms with Crippen molar-refractivity contribution in [2.75, 3.05) is 44.7 Å². The first-order valence-electron chi connectivity index (χ1n) is 8.12. The van der Waals surface area contributed by atoms with Crippen molar-refractivity contribution in [3.05, 3.63) is 23.9 Å². The van der Waals surface area contributed by atoms with Gasteiger partial charge in [-0.05, 0) is 44.1 Å². The molecule has 2 aliphatic rings. The van der Waals surface area contributed by atoms with Crippen LogP contribution in [0.25, 0.3) is 0 Å². The lowest BCUT2D eigenvalue weighted by molar-refractivity contribution is -0.122. The first-order valence-corrected chi connectivity index (χ1v) is 8.12. The SMILES string of the molecule is CN1CCN(c2cc(CNC(=O)[C@@H]3CCCN3)ccn2)CC1.Cl.Cl.Cl. The number of carbonyl (C=O) groups excluding carboxylic acids is 1. The van der Waals surface area contributed by atoms with Crippen molar-refractivity contribution in [3.63, 3.8) is 0 Å². The fraction of sp³-hybridized carbons (Fsp3) is 0.625. The molecule has 3 heterocycles. The Hall–Kier alpha value is -0.790. The molecular formula is C16H28Cl3N5O. The highest BCUT2D eigenvalue weighted by Crippen LogP contribution is 2.15. The van der Waals surface area contributed by atoms with Crippen molar-refractivity contribution in [1.29, 1.82) is 0 Å². The van der Waals surface area contributed by atoms with Crippen molar-refractivity contribution in [1.82, 2.24) is 20.5 Å². The molecule has 6 nitrogen and oxygen atoms in total. The summed E-state index contributed by atoms with van der Waals surface area (Å²) >= 11 is 0. The largest absolute Gasteiger partial charge is 0.354 e. The van der Waals surface area contributed by atoms with E-state index in [-0.39, 0.29) is 49.2 Å². The van der Waals surface area contributed by atoms with Crippen LogP contribution in [0, 0.1) is 0 Å². The van der Waals surface area contributed by atoms with E-state index in [9.17, 15) is 4.79 Å². The van der Waals surface area contributed by atoms with E-state index >= 15 is 0 Å². The number of pyridine rings is 1. The third-order valence-electron chi connectivity index (χ3n) is 4.48. The van der Waals surface area contributed by atoms with Crippen molar-refractivity contribution >= 4 is 48.9 Å². The van der Waals surface area contributed by atoms with Gasteiger partial charge in [-0.1, -0.05) is 0 Å². The molecule has 2 aliphatic heterocycles. The number of hydrogen-bond acceptors (Lipinski definition) is 5. The molecule has 0 saturated carbocycles. The van der Waals surface area contributed by atoms with E-state index in [4.69, 9.17) is 0 Å². The van der Waals surface area contributed by atoms with E-state index in [1.165, 1.54) is 0 Å². The number of aromatic nitrogens is 1. The van der Waals surface area contributed by atoms with Crippen LogP contribution in [0.4, 0.5) is 5.82 Å². The number of carbonyl (C=O) groups is 1. The smallest absolute Gasteiger partial charge is 0.237 e. The van der Waals surface area contributed by atoms with Crippen LogP contribution in [0.2, 0.25) is 0 Å². The molecule has 1 aromatic heterocycles. The Labute approximate surface area is 168 Å². The fourth-order valence-corrected chi connectivity index (χ4v) is 3.00. The molecule has 144 valence electrons. The lowest BCUT2D eigenvalue weighted by Crippen LogP contribution is -2.44. The van der Waals surface area contributed by atoms with Crippen molar-refractivity contribution in [3.8, 4) is 0 Å². The van der Waals surface area contributed by atoms with Crippen LogP contribution >= 0.6 is 37.2 Å². The Morgan fingerprint density at radius 3 is 2.64 bits per heavy atom. The summed E-state index contributed by atoms with van der Waals surface area (Å²) in [5.74, 6) is 1.12. The van der Waals surface area contributed by atoms with Gasteiger partial charge in [0.15, 0.2) is 0 Å². The standard InChI is InChI=1S/C16H25N5O.3ClH/c1-20-7-9-21(10-8-20)15-11-13(4-6-18-15)12-19-16(22)14-3-2-5-17-14;;;/h4,6,11,14,17H,2-3,5,7-10,12H2,1H3,(H,19,22);3*1H/t14-;;;/m0.../s1. The van der Waals surface area contributed by atoms with Crippen LogP contribution < -0.4 is 15.5 Å². The van der Waals surface area contributed by atoms with Crippen molar-refractivity contribution < 1.29 is 4.79 Å². The summed E-state index contributed by atoms with van der Waals surface area (Å²) in [6, 6.07) is 4.05. The van der Waals surface area contributed by atoms with Crippen LogP contribution in [0.1, 0.15) is 18.4 Å². The highest BCUT2D eigenvalue weighted by Gasteiger charge is 2.21. The normalized spacial score (nSPS) is 20.0. The maximum atomic E-state index is 12.0. The monoisotopic (exact) mass is 411 g/mol. The average molecular weight is 413 g/mol. The molecule has 0 aromatic carbocycles. The van der Waals surface area contributed by atoms with Gasteiger partial charge in [-0.2, -0.15) is 0 Å². The maximum absolute atomic E-state index is 12.0. The summed E-state index contributed by atoms with van der Waals surface area (Å²) in [5.41, 5.74) is 1.11. The van der Waals surface area contributed by atoms with Crippen LogP contribution in [0.5, 0.6) is 0 Å². The van der Waals surface area contributed by atoms with E-state index < -0.39 is 0 Å². The van der Waals surface area contributed by atoms with Crippen LogP contribution in [0.15, 0.2) is 18.3 Å². The van der Waals surface area contributed by atoms with Gasteiger partial charge >= 0.3 is 0 Å². The molecule has 2 fully saturated rings. The predicted octanol–water partition coefficient (Wildman–Crippen LogP) is 1.47. The number of piperazine rings is 1. The molecule has 1 atom stereocenters. The first-order chi connectivity index (χ1) is 10.7. The molecule has 0 bridgehead atoms. The summed E-state index contributed by atoms with van der Waals surface area (Å²) in [5, 5.41) is 6.24. The van der Waals surface area contributed by atoms with Gasteiger partial charge < -0.3 is 20.4 Å². The lowest BCUT2D eigenvalue weighted by Gasteiger charge is -2.33. The zero-order valence-corrected chi connectivity index (χ0v) is 16.9. The molecule has 1 amide bonds. The van der Waals surface area contributed by atoms with Gasteiger partial charge in [0.25, 0.3) is 0 Å². The third kappa shape index (κ3) is 6.79. The van der Waals surface area contributed by atoms with Gasteiger partial charge in [0, 0.05) is 38.9 Å². The van der Waals surface area contributed by atoms with Gasteiger partial charge in [0.2, 0.25) is 5.91 Å². The third-order valence-corrected chi connectivity index (χ3v) is 4.48. The summed E-state index contributed by atoms with van der Waals surface area (Å²) in [6.07, 6.45) is 3.86. The number of hydrogen-bond donors (Lipinski definition) is 2. The predicted molar refractivity (Wildman–Crippen MR) is 109 cm³/mol. The number of nitrogens with zero attached hydrogens (tertiary/aromatic N) is 3. The van der Waals surface area contributed by atoms with Gasteiger partial charge in [-0.15, -0.1) is 37.2 Å². The van der Waals surface area contributed by atoms with Gasteiger partial charge in [0.05, 0.1) is 6.04 Å². The Bertz CT molecular complexity index is 520. The summed E-state index contributed by atoms with van der Waals surface area (Å²) in [4.78, 5) is 21.1. The van der Waals surface area contributed by atoms with E-state index in [0.717, 1.165) is 56.9 Å². The number of halogens is 3. The fourth-order valence-electron chi connectivity index (χ4n) is 3.00. The molecule has 2 N–H and O–H groups in total. The maximum Gasteiger partial charge on any atom is 0.237 e. The van der Waals surface area contributed by atoms with Crippen molar-refractivity contribution in [2.24, 2.45) is 0 Å². The molecule has 3 rings (SSSR count). The summed E-state index contributed by atoms with van der Waals surface area (Å²) < 4.78 is 0. The van der Waals surface area contributed by atoms with E-state index in [0.29, 0.717) is 6.54 Å². The number of likely N-dealkylation sites (N-methyl/N-ethyl adjacent to an activating group) is 1. The minimum Gasteiger partial charge on any atom is -0.354 e. The zero-order chi connectivity index (χ0) is 15.4. The van der Waals surface area contributed by atoms with Crippen LogP contribution in [-0.2, 0) is 11.3 Å². The highest BCUT2D eigenvalue weighted by molar-refractivity contribution is 5.86. The lowest BCUT2D eigenvalue weighted by atomic mass is 10.2. The number of anilines is 1. The highest BCUT2D eigenvalue weighted by atomic mass is 35.5. The molecule has 2 saturated heterocycles. The Balaban J connectivity index is 0.00000192. The second-order valence-corrected chi connectivity index (χ2v) is 6.18. The minimum absolute atomic E-state index is 0. The molecule has 0 aliphatic carbocycles. The summed E-state index contributed by atoms with van der Waals surface area (Å²) in [7, 11) is 2.15. The Kier molecular flexibility index (Phi) is 11.4. The van der Waals surface area contributed by atoms with E-state index in [1.807, 2.05) is 12.3 Å². The first kappa shape index (κ1) is 24.2. The molecular weight excluding hydrogens is 385 g/mol. The number of amides is 1. The van der Waals surface area contributed by atoms with Gasteiger partial charge in [-0.25, -0.2) is 4.98 Å². The average Bonchev–Trinajstić information content (AvgIpc) is 3.08. The molecule has 0 spiro atoms. The topological polar surface area (TPSA) is 60.5 Å². The van der Waals surface area contributed by atoms with Gasteiger partial charge in [-0.3, -0.25) is 4.79 Å². The second kappa shape index (κ2) is 11.8. The quantitative estimate of drug-likeness (QED) is 0.784. The number of rotatable bonds is 4. The van der Waals surface area contributed by atoms with Crippen LogP contribution in [0.3, 0.4) is 0 Å². The van der Waals surface area contributed by atoms with Crippen molar-refractivity contribution in [2.45, 2.75) is 25.4 Å². The molecule has 9 heteroatoms. The zero-order valence-electron chi connectivity index (χ0n) is 14.4. The molecule has 25 heavy (non-hydrogen) atoms.